The molecule has 3 atom stereocenters. The van der Waals surface area contributed by atoms with Crippen molar-refractivity contribution in [1.29, 1.82) is 0 Å². The van der Waals surface area contributed by atoms with E-state index in [0.29, 0.717) is 0 Å². The highest BCUT2D eigenvalue weighted by Gasteiger charge is 2.40. The molecule has 1 aliphatic heterocycles. The second-order valence-corrected chi connectivity index (χ2v) is 6.31. The smallest absolute Gasteiger partial charge is 0.0160 e. The van der Waals surface area contributed by atoms with E-state index in [1.165, 1.54) is 51.6 Å². The maximum Gasteiger partial charge on any atom is 0.0160 e. The van der Waals surface area contributed by atoms with Gasteiger partial charge < -0.3 is 5.32 Å². The molecule has 0 aromatic rings. The summed E-state index contributed by atoms with van der Waals surface area (Å²) < 4.78 is 0. The number of nitrogens with one attached hydrogen (secondary N) is 1. The molecule has 0 aromatic carbocycles. The molecule has 1 heterocycles. The minimum atomic E-state index is 0.792. The molecule has 2 heteroatoms. The zero-order valence-electron chi connectivity index (χ0n) is 10.9. The summed E-state index contributed by atoms with van der Waals surface area (Å²) in [4.78, 5) is 2.52. The minimum Gasteiger partial charge on any atom is -0.311 e. The predicted octanol–water partition coefficient (Wildman–Crippen LogP) is 2.42. The Bertz CT molecular complexity index is 268. The van der Waals surface area contributed by atoms with Crippen molar-refractivity contribution >= 4 is 0 Å². The van der Waals surface area contributed by atoms with Gasteiger partial charge in [0.1, 0.15) is 0 Å². The van der Waals surface area contributed by atoms with Gasteiger partial charge in [0.25, 0.3) is 0 Å². The third-order valence-corrected chi connectivity index (χ3v) is 5.16. The lowest BCUT2D eigenvalue weighted by Gasteiger charge is -2.35. The molecule has 1 N–H and O–H groups in total. The summed E-state index contributed by atoms with van der Waals surface area (Å²) in [6, 6.07) is 1.66. The Morgan fingerprint density at radius 2 is 1.94 bits per heavy atom. The van der Waals surface area contributed by atoms with Crippen LogP contribution in [0.4, 0.5) is 0 Å². The summed E-state index contributed by atoms with van der Waals surface area (Å²) in [5.74, 6) is 2.09. The van der Waals surface area contributed by atoms with Gasteiger partial charge >= 0.3 is 0 Å². The van der Waals surface area contributed by atoms with E-state index in [1.807, 2.05) is 6.08 Å². The lowest BCUT2D eigenvalue weighted by Crippen LogP contribution is -2.47. The van der Waals surface area contributed by atoms with E-state index < -0.39 is 0 Å². The third kappa shape index (κ3) is 2.58. The summed E-state index contributed by atoms with van der Waals surface area (Å²) in [6.07, 6.45) is 10.7. The molecule has 3 fully saturated rings. The number of nitrogens with zero attached hydrogens (tertiary/aromatic N) is 1. The van der Waals surface area contributed by atoms with Crippen molar-refractivity contribution in [1.82, 2.24) is 10.2 Å². The van der Waals surface area contributed by atoms with Gasteiger partial charge in [0.05, 0.1) is 0 Å². The molecule has 2 bridgehead atoms. The van der Waals surface area contributed by atoms with Crippen molar-refractivity contribution in [2.45, 2.75) is 50.6 Å². The summed E-state index contributed by atoms with van der Waals surface area (Å²) in [5.41, 5.74) is 0. The van der Waals surface area contributed by atoms with E-state index in [9.17, 15) is 0 Å². The molecule has 2 nitrogen and oxygen atoms in total. The molecular weight excluding hydrogens is 208 g/mol. The first-order chi connectivity index (χ1) is 8.35. The van der Waals surface area contributed by atoms with Gasteiger partial charge in [0.15, 0.2) is 0 Å². The number of piperidine rings is 1. The van der Waals surface area contributed by atoms with Gasteiger partial charge in [-0.2, -0.15) is 0 Å². The predicted molar refractivity (Wildman–Crippen MR) is 72.0 cm³/mol. The summed E-state index contributed by atoms with van der Waals surface area (Å²) >= 11 is 0. The van der Waals surface area contributed by atoms with E-state index in [0.717, 1.165) is 30.5 Å². The Labute approximate surface area is 105 Å². The van der Waals surface area contributed by atoms with Crippen LogP contribution in [0.25, 0.3) is 0 Å². The number of fused-ring (bicyclic) bond motifs is 2. The molecule has 3 rings (SSSR count). The van der Waals surface area contributed by atoms with Gasteiger partial charge in [0, 0.05) is 18.6 Å². The second kappa shape index (κ2) is 5.11. The van der Waals surface area contributed by atoms with E-state index in [1.54, 1.807) is 0 Å². The van der Waals surface area contributed by atoms with Crippen molar-refractivity contribution in [3.63, 3.8) is 0 Å². The quantitative estimate of drug-likeness (QED) is 0.752. The van der Waals surface area contributed by atoms with Gasteiger partial charge in [-0.3, -0.25) is 4.90 Å². The highest BCUT2D eigenvalue weighted by molar-refractivity contribution is 4.96. The van der Waals surface area contributed by atoms with Crippen LogP contribution in [0.15, 0.2) is 12.7 Å². The summed E-state index contributed by atoms with van der Waals surface area (Å²) in [7, 11) is 0. The summed E-state index contributed by atoms with van der Waals surface area (Å²) in [6.45, 7) is 7.40. The molecule has 0 unspecified atom stereocenters. The molecule has 0 amide bonds. The zero-order valence-corrected chi connectivity index (χ0v) is 10.9. The van der Waals surface area contributed by atoms with Crippen molar-refractivity contribution in [3.05, 3.63) is 12.7 Å². The molecule has 17 heavy (non-hydrogen) atoms. The molecule has 1 saturated heterocycles. The molecule has 3 aliphatic rings. The maximum atomic E-state index is 3.96. The van der Waals surface area contributed by atoms with Crippen LogP contribution in [-0.4, -0.2) is 36.6 Å². The van der Waals surface area contributed by atoms with Crippen molar-refractivity contribution in [3.8, 4) is 0 Å². The molecule has 2 aliphatic carbocycles. The van der Waals surface area contributed by atoms with Gasteiger partial charge in [-0.05, 0) is 57.0 Å². The fourth-order valence-electron chi connectivity index (χ4n) is 4.22. The first-order valence-electron chi connectivity index (χ1n) is 7.44. The van der Waals surface area contributed by atoms with E-state index in [4.69, 9.17) is 0 Å². The Morgan fingerprint density at radius 3 is 2.53 bits per heavy atom. The first-order valence-corrected chi connectivity index (χ1v) is 7.44. The standard InChI is InChI=1S/C15H26N2/c1-2-7-17-8-5-14(6-9-17)16-15-11-12-3-4-13(15)10-12/h2,12-16H,1,3-11H2/t12-,13-,15+/m0/s1. The zero-order chi connectivity index (χ0) is 11.7. The van der Waals surface area contributed by atoms with Crippen LogP contribution >= 0.6 is 0 Å². The lowest BCUT2D eigenvalue weighted by atomic mass is 9.93. The highest BCUT2D eigenvalue weighted by Crippen LogP contribution is 2.44. The van der Waals surface area contributed by atoms with Crippen LogP contribution < -0.4 is 5.32 Å². The third-order valence-electron chi connectivity index (χ3n) is 5.16. The van der Waals surface area contributed by atoms with Crippen LogP contribution in [-0.2, 0) is 0 Å². The average molecular weight is 234 g/mol. The molecule has 2 saturated carbocycles. The molecule has 0 aromatic heterocycles. The number of rotatable bonds is 4. The van der Waals surface area contributed by atoms with Gasteiger partial charge in [0.2, 0.25) is 0 Å². The van der Waals surface area contributed by atoms with E-state index in [-0.39, 0.29) is 0 Å². The van der Waals surface area contributed by atoms with Crippen molar-refractivity contribution in [2.24, 2.45) is 11.8 Å². The van der Waals surface area contributed by atoms with Crippen LogP contribution in [0.5, 0.6) is 0 Å². The lowest BCUT2D eigenvalue weighted by molar-refractivity contribution is 0.194. The molecule has 0 spiro atoms. The Morgan fingerprint density at radius 1 is 1.12 bits per heavy atom. The highest BCUT2D eigenvalue weighted by atomic mass is 15.1. The van der Waals surface area contributed by atoms with Crippen molar-refractivity contribution < 1.29 is 0 Å². The second-order valence-electron chi connectivity index (χ2n) is 6.31. The van der Waals surface area contributed by atoms with Gasteiger partial charge in [-0.25, -0.2) is 0 Å². The van der Waals surface area contributed by atoms with Gasteiger partial charge in [-0.15, -0.1) is 6.58 Å². The Hall–Kier alpha value is -0.340. The largest absolute Gasteiger partial charge is 0.311 e. The van der Waals surface area contributed by atoms with Crippen molar-refractivity contribution in [2.75, 3.05) is 19.6 Å². The average Bonchev–Trinajstić information content (AvgIpc) is 2.94. The van der Waals surface area contributed by atoms with Crippen LogP contribution in [0, 0.1) is 11.8 Å². The van der Waals surface area contributed by atoms with Crippen LogP contribution in [0.2, 0.25) is 0 Å². The fraction of sp³-hybridized carbons (Fsp3) is 0.867. The Kier molecular flexibility index (Phi) is 3.53. The van der Waals surface area contributed by atoms with E-state index >= 15 is 0 Å². The number of hydrogen-bond acceptors (Lipinski definition) is 2. The summed E-state index contributed by atoms with van der Waals surface area (Å²) in [5, 5.41) is 3.96. The fourth-order valence-corrected chi connectivity index (χ4v) is 4.22. The number of hydrogen-bond donors (Lipinski definition) is 1. The minimum absolute atomic E-state index is 0.792. The monoisotopic (exact) mass is 234 g/mol. The van der Waals surface area contributed by atoms with Crippen LogP contribution in [0.1, 0.15) is 38.5 Å². The molecule has 96 valence electrons. The maximum absolute atomic E-state index is 3.96. The van der Waals surface area contributed by atoms with Gasteiger partial charge in [-0.1, -0.05) is 12.5 Å². The van der Waals surface area contributed by atoms with Crippen LogP contribution in [0.3, 0.4) is 0 Å². The number of likely N-dealkylation sites (tertiary alicyclic amines) is 1. The molecule has 0 radical (unpaired) electrons. The topological polar surface area (TPSA) is 15.3 Å². The Balaban J connectivity index is 1.43. The first kappa shape index (κ1) is 11.7. The normalized spacial score (nSPS) is 38.7. The van der Waals surface area contributed by atoms with E-state index in [2.05, 4.69) is 16.8 Å². The molecular formula is C15H26N2. The SMILES string of the molecule is C=CCN1CCC(N[C@@H]2C[C@H]3CC[C@H]2C3)CC1.